The standard InChI is InChI=1S/C16H26FN3O/c1-13(14-4-5-16(21-3)15(17)12-14)18-6-7-20-10-8-19(2)9-11-20/h4-5,12-13,18H,6-11H2,1-3H3. The molecule has 0 bridgehead atoms. The average Bonchev–Trinajstić information content (AvgIpc) is 2.49. The molecule has 1 aliphatic heterocycles. The van der Waals surface area contributed by atoms with Crippen LogP contribution >= 0.6 is 0 Å². The number of likely N-dealkylation sites (N-methyl/N-ethyl adjacent to an activating group) is 1. The molecule has 1 heterocycles. The lowest BCUT2D eigenvalue weighted by Gasteiger charge is -2.32. The van der Waals surface area contributed by atoms with Gasteiger partial charge in [-0.2, -0.15) is 0 Å². The number of methoxy groups -OCH3 is 1. The highest BCUT2D eigenvalue weighted by atomic mass is 19.1. The number of rotatable bonds is 6. The highest BCUT2D eigenvalue weighted by molar-refractivity contribution is 5.30. The van der Waals surface area contributed by atoms with Crippen LogP contribution in [0.25, 0.3) is 0 Å². The maximum absolute atomic E-state index is 13.7. The van der Waals surface area contributed by atoms with Crippen LogP contribution in [0.2, 0.25) is 0 Å². The maximum atomic E-state index is 13.7. The zero-order chi connectivity index (χ0) is 15.2. The third-order valence-corrected chi connectivity index (χ3v) is 4.15. The molecule has 118 valence electrons. The fraction of sp³-hybridized carbons (Fsp3) is 0.625. The van der Waals surface area contributed by atoms with Crippen molar-refractivity contribution in [3.8, 4) is 5.75 Å². The van der Waals surface area contributed by atoms with E-state index in [2.05, 4.69) is 29.1 Å². The summed E-state index contributed by atoms with van der Waals surface area (Å²) in [5.41, 5.74) is 0.951. The summed E-state index contributed by atoms with van der Waals surface area (Å²) in [5.74, 6) is -0.00824. The van der Waals surface area contributed by atoms with Gasteiger partial charge >= 0.3 is 0 Å². The zero-order valence-electron chi connectivity index (χ0n) is 13.2. The van der Waals surface area contributed by atoms with E-state index in [4.69, 9.17) is 4.74 Å². The van der Waals surface area contributed by atoms with Gasteiger partial charge in [-0.3, -0.25) is 4.90 Å². The molecule has 2 rings (SSSR count). The predicted octanol–water partition coefficient (Wildman–Crippen LogP) is 1.73. The Morgan fingerprint density at radius 2 is 2.00 bits per heavy atom. The first-order valence-corrected chi connectivity index (χ1v) is 7.58. The minimum Gasteiger partial charge on any atom is -0.494 e. The van der Waals surface area contributed by atoms with Crippen LogP contribution in [0.15, 0.2) is 18.2 Å². The van der Waals surface area contributed by atoms with Crippen molar-refractivity contribution in [1.29, 1.82) is 0 Å². The van der Waals surface area contributed by atoms with E-state index in [1.165, 1.54) is 7.11 Å². The molecule has 21 heavy (non-hydrogen) atoms. The minimum absolute atomic E-state index is 0.137. The Hall–Kier alpha value is -1.17. The molecule has 1 N–H and O–H groups in total. The highest BCUT2D eigenvalue weighted by Crippen LogP contribution is 2.21. The van der Waals surface area contributed by atoms with E-state index in [9.17, 15) is 4.39 Å². The molecule has 0 amide bonds. The lowest BCUT2D eigenvalue weighted by Crippen LogP contribution is -2.46. The van der Waals surface area contributed by atoms with Crippen LogP contribution in [0.5, 0.6) is 5.75 Å². The molecule has 0 spiro atoms. The van der Waals surface area contributed by atoms with Crippen molar-refractivity contribution in [3.05, 3.63) is 29.6 Å². The molecule has 4 nitrogen and oxygen atoms in total. The van der Waals surface area contributed by atoms with Gasteiger partial charge in [-0.25, -0.2) is 4.39 Å². The summed E-state index contributed by atoms with van der Waals surface area (Å²) in [5, 5.41) is 3.46. The molecule has 0 radical (unpaired) electrons. The average molecular weight is 295 g/mol. The van der Waals surface area contributed by atoms with E-state index in [1.54, 1.807) is 12.1 Å². The Morgan fingerprint density at radius 1 is 1.29 bits per heavy atom. The van der Waals surface area contributed by atoms with Crippen molar-refractivity contribution >= 4 is 0 Å². The van der Waals surface area contributed by atoms with Crippen LogP contribution in [-0.2, 0) is 0 Å². The van der Waals surface area contributed by atoms with Crippen molar-refractivity contribution in [3.63, 3.8) is 0 Å². The van der Waals surface area contributed by atoms with Crippen LogP contribution < -0.4 is 10.1 Å². The normalized spacial score (nSPS) is 18.7. The van der Waals surface area contributed by atoms with E-state index < -0.39 is 0 Å². The van der Waals surface area contributed by atoms with E-state index in [-0.39, 0.29) is 11.9 Å². The van der Waals surface area contributed by atoms with Gasteiger partial charge < -0.3 is 15.0 Å². The second-order valence-electron chi connectivity index (χ2n) is 5.71. The second kappa shape index (κ2) is 7.73. The fourth-order valence-electron chi connectivity index (χ4n) is 2.58. The Morgan fingerprint density at radius 3 is 2.62 bits per heavy atom. The van der Waals surface area contributed by atoms with Gasteiger partial charge in [0.1, 0.15) is 0 Å². The van der Waals surface area contributed by atoms with Crippen molar-refractivity contribution in [2.75, 3.05) is 53.4 Å². The number of ether oxygens (including phenoxy) is 1. The molecule has 1 aromatic rings. The first-order chi connectivity index (χ1) is 10.1. The summed E-state index contributed by atoms with van der Waals surface area (Å²) >= 11 is 0. The third kappa shape index (κ3) is 4.66. The maximum Gasteiger partial charge on any atom is 0.165 e. The SMILES string of the molecule is COc1ccc(C(C)NCCN2CCN(C)CC2)cc1F. The lowest BCUT2D eigenvalue weighted by atomic mass is 10.1. The number of hydrogen-bond acceptors (Lipinski definition) is 4. The van der Waals surface area contributed by atoms with Crippen molar-refractivity contribution < 1.29 is 9.13 Å². The predicted molar refractivity (Wildman–Crippen MR) is 83.3 cm³/mol. The second-order valence-corrected chi connectivity index (χ2v) is 5.71. The van der Waals surface area contributed by atoms with Gasteiger partial charge in [0.25, 0.3) is 0 Å². The zero-order valence-corrected chi connectivity index (χ0v) is 13.2. The topological polar surface area (TPSA) is 27.7 Å². The molecule has 1 aliphatic rings. The molecular weight excluding hydrogens is 269 g/mol. The van der Waals surface area contributed by atoms with E-state index in [0.717, 1.165) is 44.8 Å². The molecule has 1 aromatic carbocycles. The molecule has 0 aliphatic carbocycles. The molecule has 1 fully saturated rings. The highest BCUT2D eigenvalue weighted by Gasteiger charge is 2.14. The summed E-state index contributed by atoms with van der Waals surface area (Å²) < 4.78 is 18.6. The number of piperazine rings is 1. The van der Waals surface area contributed by atoms with Gasteiger partial charge in [-0.15, -0.1) is 0 Å². The number of nitrogens with zero attached hydrogens (tertiary/aromatic N) is 2. The van der Waals surface area contributed by atoms with Crippen LogP contribution in [0.4, 0.5) is 4.39 Å². The molecule has 1 unspecified atom stereocenters. The summed E-state index contributed by atoms with van der Waals surface area (Å²) in [7, 11) is 3.64. The molecule has 0 aromatic heterocycles. The Bertz CT molecular complexity index is 447. The van der Waals surface area contributed by atoms with Crippen molar-refractivity contribution in [2.24, 2.45) is 0 Å². The lowest BCUT2D eigenvalue weighted by molar-refractivity contribution is 0.154. The smallest absolute Gasteiger partial charge is 0.165 e. The summed E-state index contributed by atoms with van der Waals surface area (Å²) in [6.45, 7) is 8.55. The molecule has 0 saturated carbocycles. The fourth-order valence-corrected chi connectivity index (χ4v) is 2.58. The number of halogens is 1. The molecule has 1 saturated heterocycles. The van der Waals surface area contributed by atoms with Crippen LogP contribution in [0.1, 0.15) is 18.5 Å². The number of nitrogens with one attached hydrogen (secondary N) is 1. The van der Waals surface area contributed by atoms with Gasteiger partial charge in [-0.1, -0.05) is 6.07 Å². The van der Waals surface area contributed by atoms with Crippen LogP contribution in [0.3, 0.4) is 0 Å². The minimum atomic E-state index is -0.303. The van der Waals surface area contributed by atoms with Gasteiger partial charge in [-0.05, 0) is 31.7 Å². The van der Waals surface area contributed by atoms with E-state index in [0.29, 0.717) is 5.75 Å². The Labute approximate surface area is 126 Å². The van der Waals surface area contributed by atoms with E-state index in [1.807, 2.05) is 6.07 Å². The van der Waals surface area contributed by atoms with Crippen LogP contribution in [0, 0.1) is 5.82 Å². The van der Waals surface area contributed by atoms with Gasteiger partial charge in [0.05, 0.1) is 7.11 Å². The van der Waals surface area contributed by atoms with Crippen LogP contribution in [-0.4, -0.2) is 63.2 Å². The summed E-state index contributed by atoms with van der Waals surface area (Å²) in [4.78, 5) is 4.82. The van der Waals surface area contributed by atoms with Gasteiger partial charge in [0.15, 0.2) is 11.6 Å². The molecule has 1 atom stereocenters. The monoisotopic (exact) mass is 295 g/mol. The first kappa shape index (κ1) is 16.2. The quantitative estimate of drug-likeness (QED) is 0.865. The number of hydrogen-bond donors (Lipinski definition) is 1. The number of benzene rings is 1. The Balaban J connectivity index is 1.76. The largest absolute Gasteiger partial charge is 0.494 e. The Kier molecular flexibility index (Phi) is 5.96. The van der Waals surface area contributed by atoms with Crippen molar-refractivity contribution in [2.45, 2.75) is 13.0 Å². The van der Waals surface area contributed by atoms with Crippen molar-refractivity contribution in [1.82, 2.24) is 15.1 Å². The molecule has 5 heteroatoms. The van der Waals surface area contributed by atoms with Gasteiger partial charge in [0, 0.05) is 45.3 Å². The summed E-state index contributed by atoms with van der Waals surface area (Å²) in [6.07, 6.45) is 0. The first-order valence-electron chi connectivity index (χ1n) is 7.58. The summed E-state index contributed by atoms with van der Waals surface area (Å²) in [6, 6.07) is 5.28. The third-order valence-electron chi connectivity index (χ3n) is 4.15. The van der Waals surface area contributed by atoms with E-state index >= 15 is 0 Å². The molecular formula is C16H26FN3O. The van der Waals surface area contributed by atoms with Gasteiger partial charge in [0.2, 0.25) is 0 Å².